The van der Waals surface area contributed by atoms with Gasteiger partial charge >= 0.3 is 0 Å². The van der Waals surface area contributed by atoms with Gasteiger partial charge in [0.15, 0.2) is 0 Å². The molecule has 72 valence electrons. The van der Waals surface area contributed by atoms with Crippen LogP contribution >= 0.6 is 0 Å². The minimum absolute atomic E-state index is 0.652. The molecular weight excluding hydrogens is 146 g/mol. The van der Waals surface area contributed by atoms with Gasteiger partial charge in [0, 0.05) is 5.54 Å². The summed E-state index contributed by atoms with van der Waals surface area (Å²) in [5.74, 6) is 0. The van der Waals surface area contributed by atoms with Crippen molar-refractivity contribution in [2.45, 2.75) is 58.4 Å². The Balaban J connectivity index is 2.40. The lowest BCUT2D eigenvalue weighted by Crippen LogP contribution is -2.37. The summed E-state index contributed by atoms with van der Waals surface area (Å²) in [5, 5.41) is 0. The van der Waals surface area contributed by atoms with Gasteiger partial charge in [-0.2, -0.15) is 0 Å². The van der Waals surface area contributed by atoms with Gasteiger partial charge in [-0.3, -0.25) is 4.90 Å². The summed E-state index contributed by atoms with van der Waals surface area (Å²) in [7, 11) is 0. The first-order valence-electron chi connectivity index (χ1n) is 5.54. The minimum Gasteiger partial charge on any atom is -0.298 e. The second-order valence-electron chi connectivity index (χ2n) is 4.05. The Morgan fingerprint density at radius 1 is 1.08 bits per heavy atom. The maximum absolute atomic E-state index is 2.69. The molecule has 0 heterocycles. The van der Waals surface area contributed by atoms with E-state index >= 15 is 0 Å². The molecule has 0 amide bonds. The van der Waals surface area contributed by atoms with Crippen LogP contribution in [0.3, 0.4) is 0 Å². The van der Waals surface area contributed by atoms with E-state index in [1.807, 2.05) is 0 Å². The van der Waals surface area contributed by atoms with Gasteiger partial charge in [-0.25, -0.2) is 0 Å². The third-order valence-electron chi connectivity index (χ3n) is 3.09. The van der Waals surface area contributed by atoms with Crippen LogP contribution in [-0.2, 0) is 0 Å². The molecule has 0 N–H and O–H groups in total. The van der Waals surface area contributed by atoms with Gasteiger partial charge in [-0.1, -0.05) is 27.2 Å². The van der Waals surface area contributed by atoms with Crippen molar-refractivity contribution >= 4 is 0 Å². The molecular formula is C11H23N. The fraction of sp³-hybridized carbons (Fsp3) is 1.00. The Labute approximate surface area is 77.1 Å². The van der Waals surface area contributed by atoms with Crippen molar-refractivity contribution in [2.24, 2.45) is 0 Å². The maximum atomic E-state index is 2.69. The molecule has 0 saturated heterocycles. The fourth-order valence-electron chi connectivity index (χ4n) is 2.33. The first-order valence-corrected chi connectivity index (χ1v) is 5.54. The van der Waals surface area contributed by atoms with Crippen molar-refractivity contribution < 1.29 is 0 Å². The SMILES string of the molecule is CCCN(CC)C1(CCC)CC1. The standard InChI is InChI=1S/C11H23N/c1-4-7-11(8-9-11)12(6-3)10-5-2/h4-10H2,1-3H3. The zero-order valence-electron chi connectivity index (χ0n) is 8.90. The number of rotatable bonds is 6. The zero-order valence-corrected chi connectivity index (χ0v) is 8.90. The van der Waals surface area contributed by atoms with E-state index in [9.17, 15) is 0 Å². The third kappa shape index (κ3) is 2.01. The minimum atomic E-state index is 0.652. The van der Waals surface area contributed by atoms with Gasteiger partial charge in [-0.15, -0.1) is 0 Å². The summed E-state index contributed by atoms with van der Waals surface area (Å²) < 4.78 is 0. The first kappa shape index (κ1) is 10.0. The molecule has 1 rings (SSSR count). The second-order valence-corrected chi connectivity index (χ2v) is 4.05. The van der Waals surface area contributed by atoms with Crippen molar-refractivity contribution in [3.63, 3.8) is 0 Å². The molecule has 1 aliphatic rings. The van der Waals surface area contributed by atoms with Crippen LogP contribution in [0.15, 0.2) is 0 Å². The van der Waals surface area contributed by atoms with E-state index in [4.69, 9.17) is 0 Å². The van der Waals surface area contributed by atoms with Crippen molar-refractivity contribution in [3.05, 3.63) is 0 Å². The molecule has 1 saturated carbocycles. The number of hydrogen-bond acceptors (Lipinski definition) is 1. The average Bonchev–Trinajstić information content (AvgIpc) is 2.82. The van der Waals surface area contributed by atoms with Gasteiger partial charge in [0.05, 0.1) is 0 Å². The predicted octanol–water partition coefficient (Wildman–Crippen LogP) is 3.05. The molecule has 0 aromatic rings. The van der Waals surface area contributed by atoms with E-state index in [2.05, 4.69) is 25.7 Å². The summed E-state index contributed by atoms with van der Waals surface area (Å²) in [6.07, 6.45) is 6.98. The largest absolute Gasteiger partial charge is 0.298 e. The molecule has 0 radical (unpaired) electrons. The van der Waals surface area contributed by atoms with Gasteiger partial charge in [0.2, 0.25) is 0 Å². The molecule has 0 spiro atoms. The smallest absolute Gasteiger partial charge is 0.0210 e. The van der Waals surface area contributed by atoms with Gasteiger partial charge in [0.1, 0.15) is 0 Å². The number of nitrogens with zero attached hydrogens (tertiary/aromatic N) is 1. The molecule has 0 unspecified atom stereocenters. The van der Waals surface area contributed by atoms with Crippen LogP contribution in [-0.4, -0.2) is 23.5 Å². The molecule has 1 fully saturated rings. The summed E-state index contributed by atoms with van der Waals surface area (Å²) >= 11 is 0. The Morgan fingerprint density at radius 2 is 1.75 bits per heavy atom. The van der Waals surface area contributed by atoms with E-state index < -0.39 is 0 Å². The monoisotopic (exact) mass is 169 g/mol. The van der Waals surface area contributed by atoms with Crippen LogP contribution in [0.4, 0.5) is 0 Å². The summed E-state index contributed by atoms with van der Waals surface area (Å²) in [6.45, 7) is 9.43. The summed E-state index contributed by atoms with van der Waals surface area (Å²) in [5.41, 5.74) is 0.652. The van der Waals surface area contributed by atoms with E-state index in [0.29, 0.717) is 5.54 Å². The van der Waals surface area contributed by atoms with Crippen LogP contribution in [0.25, 0.3) is 0 Å². The van der Waals surface area contributed by atoms with Gasteiger partial charge in [0.25, 0.3) is 0 Å². The van der Waals surface area contributed by atoms with Crippen molar-refractivity contribution in [3.8, 4) is 0 Å². The van der Waals surface area contributed by atoms with Crippen LogP contribution < -0.4 is 0 Å². The molecule has 1 nitrogen and oxygen atoms in total. The summed E-state index contributed by atoms with van der Waals surface area (Å²) in [6, 6.07) is 0. The van der Waals surface area contributed by atoms with Crippen molar-refractivity contribution in [2.75, 3.05) is 13.1 Å². The molecule has 0 bridgehead atoms. The van der Waals surface area contributed by atoms with Crippen LogP contribution in [0.2, 0.25) is 0 Å². The highest BCUT2D eigenvalue weighted by molar-refractivity contribution is 5.02. The Kier molecular flexibility index (Phi) is 3.57. The highest BCUT2D eigenvalue weighted by atomic mass is 15.2. The molecule has 0 aromatic heterocycles. The van der Waals surface area contributed by atoms with Crippen molar-refractivity contribution in [1.29, 1.82) is 0 Å². The van der Waals surface area contributed by atoms with Gasteiger partial charge < -0.3 is 0 Å². The van der Waals surface area contributed by atoms with E-state index in [-0.39, 0.29) is 0 Å². The molecule has 12 heavy (non-hydrogen) atoms. The van der Waals surface area contributed by atoms with E-state index in [0.717, 1.165) is 0 Å². The van der Waals surface area contributed by atoms with E-state index in [1.165, 1.54) is 45.2 Å². The normalized spacial score (nSPS) is 20.0. The Bertz CT molecular complexity index is 127. The second kappa shape index (κ2) is 4.27. The Morgan fingerprint density at radius 3 is 2.08 bits per heavy atom. The molecule has 0 atom stereocenters. The van der Waals surface area contributed by atoms with Crippen LogP contribution in [0.1, 0.15) is 52.9 Å². The zero-order chi connectivity index (χ0) is 9.03. The lowest BCUT2D eigenvalue weighted by Gasteiger charge is -2.30. The molecule has 1 heteroatoms. The average molecular weight is 169 g/mol. The highest BCUT2D eigenvalue weighted by Gasteiger charge is 2.45. The predicted molar refractivity (Wildman–Crippen MR) is 54.4 cm³/mol. The first-order chi connectivity index (χ1) is 5.79. The van der Waals surface area contributed by atoms with Crippen molar-refractivity contribution in [1.82, 2.24) is 4.90 Å². The number of hydrogen-bond donors (Lipinski definition) is 0. The quantitative estimate of drug-likeness (QED) is 0.590. The van der Waals surface area contributed by atoms with E-state index in [1.54, 1.807) is 0 Å². The molecule has 1 aliphatic carbocycles. The van der Waals surface area contributed by atoms with Crippen LogP contribution in [0.5, 0.6) is 0 Å². The fourth-order valence-corrected chi connectivity index (χ4v) is 2.33. The lowest BCUT2D eigenvalue weighted by atomic mass is 10.1. The maximum Gasteiger partial charge on any atom is 0.0210 e. The lowest BCUT2D eigenvalue weighted by molar-refractivity contribution is 0.175. The third-order valence-corrected chi connectivity index (χ3v) is 3.09. The topological polar surface area (TPSA) is 3.24 Å². The molecule has 0 aromatic carbocycles. The van der Waals surface area contributed by atoms with Gasteiger partial charge in [-0.05, 0) is 38.8 Å². The molecule has 0 aliphatic heterocycles. The Hall–Kier alpha value is -0.0400. The van der Waals surface area contributed by atoms with Crippen LogP contribution in [0, 0.1) is 0 Å². The highest BCUT2D eigenvalue weighted by Crippen LogP contribution is 2.45. The summed E-state index contributed by atoms with van der Waals surface area (Å²) in [4.78, 5) is 2.69.